The van der Waals surface area contributed by atoms with Crippen molar-refractivity contribution < 1.29 is 5.11 Å². The molecular weight excluding hydrogens is 338 g/mol. The zero-order valence-electron chi connectivity index (χ0n) is 16.2. The molecule has 1 aliphatic heterocycles. The van der Waals surface area contributed by atoms with Crippen LogP contribution in [-0.4, -0.2) is 27.8 Å². The van der Waals surface area contributed by atoms with Gasteiger partial charge in [0.15, 0.2) is 0 Å². The van der Waals surface area contributed by atoms with Crippen LogP contribution in [0, 0.1) is 0 Å². The zero-order valence-corrected chi connectivity index (χ0v) is 17.1. The number of aliphatic hydroxyl groups is 1. The molecule has 0 saturated carbocycles. The average molecular weight is 370 g/mol. The van der Waals surface area contributed by atoms with E-state index in [1.54, 1.807) is 0 Å². The third kappa shape index (κ3) is 5.12. The molecule has 0 aromatic heterocycles. The van der Waals surface area contributed by atoms with E-state index in [0.29, 0.717) is 0 Å². The molecule has 0 amide bonds. The fraction of sp³-hybridized carbons (Fsp3) is 0.478. The van der Waals surface area contributed by atoms with Crippen molar-refractivity contribution in [1.29, 1.82) is 0 Å². The van der Waals surface area contributed by atoms with Gasteiger partial charge in [-0.1, -0.05) is 75.4 Å². The molecule has 2 aromatic carbocycles. The van der Waals surface area contributed by atoms with Crippen molar-refractivity contribution >= 4 is 11.8 Å². The highest BCUT2D eigenvalue weighted by Crippen LogP contribution is 2.37. The van der Waals surface area contributed by atoms with Crippen LogP contribution in [0.4, 0.5) is 0 Å². The fourth-order valence-corrected chi connectivity index (χ4v) is 4.43. The van der Waals surface area contributed by atoms with Crippen LogP contribution in [0.2, 0.25) is 0 Å². The van der Waals surface area contributed by atoms with Crippen molar-refractivity contribution in [3.8, 4) is 0 Å². The van der Waals surface area contributed by atoms with Gasteiger partial charge in [-0.05, 0) is 29.5 Å². The van der Waals surface area contributed by atoms with E-state index in [1.807, 2.05) is 11.8 Å². The van der Waals surface area contributed by atoms with E-state index in [2.05, 4.69) is 80.3 Å². The van der Waals surface area contributed by atoms with E-state index >= 15 is 0 Å². The summed E-state index contributed by atoms with van der Waals surface area (Å²) in [6.07, 6.45) is 1.61. The van der Waals surface area contributed by atoms with Crippen molar-refractivity contribution in [2.45, 2.75) is 56.3 Å². The monoisotopic (exact) mass is 369 g/mol. The average Bonchev–Trinajstić information content (AvgIpc) is 2.63. The first-order valence-electron chi connectivity index (χ1n) is 9.57. The first-order chi connectivity index (χ1) is 12.4. The Hall–Kier alpha value is -1.29. The van der Waals surface area contributed by atoms with E-state index in [-0.39, 0.29) is 4.75 Å². The number of likely N-dealkylation sites (tertiary alicyclic amines) is 1. The fourth-order valence-electron chi connectivity index (χ4n) is 3.59. The molecule has 140 valence electrons. The summed E-state index contributed by atoms with van der Waals surface area (Å²) in [5.74, 6) is 0.954. The van der Waals surface area contributed by atoms with Gasteiger partial charge in [-0.15, -0.1) is 0 Å². The molecule has 1 aliphatic rings. The minimum atomic E-state index is -0.692. The Morgan fingerprint density at radius 3 is 2.23 bits per heavy atom. The first-order valence-corrected chi connectivity index (χ1v) is 10.6. The summed E-state index contributed by atoms with van der Waals surface area (Å²) >= 11 is 1.94. The van der Waals surface area contributed by atoms with Gasteiger partial charge >= 0.3 is 0 Å². The van der Waals surface area contributed by atoms with Crippen LogP contribution in [0.5, 0.6) is 0 Å². The molecule has 1 heterocycles. The second-order valence-electron chi connectivity index (χ2n) is 8.35. The molecule has 1 saturated heterocycles. The predicted molar refractivity (Wildman–Crippen MR) is 112 cm³/mol. The molecule has 0 bridgehead atoms. The van der Waals surface area contributed by atoms with Gasteiger partial charge in [0.05, 0.1) is 5.60 Å². The maximum Gasteiger partial charge on any atom is 0.0923 e. The topological polar surface area (TPSA) is 23.5 Å². The largest absolute Gasteiger partial charge is 0.385 e. The molecule has 0 aliphatic carbocycles. The molecule has 1 N–H and O–H groups in total. The highest BCUT2D eigenvalue weighted by molar-refractivity contribution is 7.99. The van der Waals surface area contributed by atoms with Gasteiger partial charge in [0.2, 0.25) is 0 Å². The Kier molecular flexibility index (Phi) is 6.11. The molecule has 3 rings (SSSR count). The first kappa shape index (κ1) is 19.5. The second kappa shape index (κ2) is 8.16. The maximum atomic E-state index is 11.4. The molecule has 26 heavy (non-hydrogen) atoms. The second-order valence-corrected chi connectivity index (χ2v) is 10.2. The van der Waals surface area contributed by atoms with Crippen LogP contribution in [0.15, 0.2) is 54.6 Å². The standard InChI is InChI=1S/C23H31NOS/c1-22(2,3)26-18-20-11-7-8-12-21(20)23(25)13-15-24(16-14-23)17-19-9-5-4-6-10-19/h4-12,25H,13-18H2,1-3H3. The van der Waals surface area contributed by atoms with Gasteiger partial charge in [-0.3, -0.25) is 4.90 Å². The molecule has 0 unspecified atom stereocenters. The van der Waals surface area contributed by atoms with Gasteiger partial charge < -0.3 is 5.11 Å². The van der Waals surface area contributed by atoms with Crippen molar-refractivity contribution in [2.24, 2.45) is 0 Å². The number of thioether (sulfide) groups is 1. The Morgan fingerprint density at radius 2 is 1.58 bits per heavy atom. The van der Waals surface area contributed by atoms with Crippen molar-refractivity contribution in [2.75, 3.05) is 13.1 Å². The lowest BCUT2D eigenvalue weighted by atomic mass is 9.82. The Labute approximate surface area is 162 Å². The van der Waals surface area contributed by atoms with E-state index in [4.69, 9.17) is 0 Å². The quantitative estimate of drug-likeness (QED) is 0.783. The van der Waals surface area contributed by atoms with Crippen molar-refractivity contribution in [3.05, 3.63) is 71.3 Å². The highest BCUT2D eigenvalue weighted by atomic mass is 32.2. The molecule has 0 atom stereocenters. The lowest BCUT2D eigenvalue weighted by Crippen LogP contribution is -2.42. The maximum absolute atomic E-state index is 11.4. The lowest BCUT2D eigenvalue weighted by molar-refractivity contribution is -0.0282. The smallest absolute Gasteiger partial charge is 0.0923 e. The summed E-state index contributed by atoms with van der Waals surface area (Å²) in [6.45, 7) is 9.59. The molecule has 3 heteroatoms. The van der Waals surface area contributed by atoms with Crippen LogP contribution >= 0.6 is 11.8 Å². The van der Waals surface area contributed by atoms with Gasteiger partial charge in [0.25, 0.3) is 0 Å². The third-order valence-corrected chi connectivity index (χ3v) is 6.43. The summed E-state index contributed by atoms with van der Waals surface area (Å²) < 4.78 is 0.231. The SMILES string of the molecule is CC(C)(C)SCc1ccccc1C1(O)CCN(Cc2ccccc2)CC1. The predicted octanol–water partition coefficient (Wildman–Crippen LogP) is 5.20. The molecule has 1 fully saturated rings. The number of rotatable bonds is 5. The number of hydrogen-bond donors (Lipinski definition) is 1. The zero-order chi connectivity index (χ0) is 18.6. The number of nitrogens with zero attached hydrogens (tertiary/aromatic N) is 1. The molecule has 0 spiro atoms. The minimum absolute atomic E-state index is 0.231. The summed E-state index contributed by atoms with van der Waals surface area (Å²) in [6, 6.07) is 19.1. The Bertz CT molecular complexity index is 700. The normalized spacial score (nSPS) is 18.0. The van der Waals surface area contributed by atoms with Crippen molar-refractivity contribution in [3.63, 3.8) is 0 Å². The minimum Gasteiger partial charge on any atom is -0.385 e. The summed E-state index contributed by atoms with van der Waals surface area (Å²) in [4.78, 5) is 2.45. The van der Waals surface area contributed by atoms with Gasteiger partial charge in [0, 0.05) is 30.1 Å². The van der Waals surface area contributed by atoms with E-state index in [9.17, 15) is 5.11 Å². The van der Waals surface area contributed by atoms with Crippen LogP contribution in [-0.2, 0) is 17.9 Å². The van der Waals surface area contributed by atoms with Crippen LogP contribution in [0.1, 0.15) is 50.3 Å². The summed E-state index contributed by atoms with van der Waals surface area (Å²) in [5, 5.41) is 11.4. The van der Waals surface area contributed by atoms with Gasteiger partial charge in [0.1, 0.15) is 0 Å². The summed E-state index contributed by atoms with van der Waals surface area (Å²) in [5.41, 5.74) is 3.07. The third-order valence-electron chi connectivity index (χ3n) is 5.11. The Balaban J connectivity index is 1.67. The van der Waals surface area contributed by atoms with E-state index in [1.165, 1.54) is 11.1 Å². The summed E-state index contributed by atoms with van der Waals surface area (Å²) in [7, 11) is 0. The molecule has 2 nitrogen and oxygen atoms in total. The van der Waals surface area contributed by atoms with E-state index in [0.717, 1.165) is 43.8 Å². The van der Waals surface area contributed by atoms with Gasteiger partial charge in [-0.2, -0.15) is 11.8 Å². The van der Waals surface area contributed by atoms with Gasteiger partial charge in [-0.25, -0.2) is 0 Å². The van der Waals surface area contributed by atoms with Crippen LogP contribution in [0.3, 0.4) is 0 Å². The van der Waals surface area contributed by atoms with Crippen molar-refractivity contribution in [1.82, 2.24) is 4.90 Å². The number of benzene rings is 2. The van der Waals surface area contributed by atoms with E-state index < -0.39 is 5.60 Å². The lowest BCUT2D eigenvalue weighted by Gasteiger charge is -2.39. The Morgan fingerprint density at radius 1 is 0.962 bits per heavy atom. The number of piperidine rings is 1. The van der Waals surface area contributed by atoms with Crippen LogP contribution < -0.4 is 0 Å². The molecular formula is C23H31NOS. The highest BCUT2D eigenvalue weighted by Gasteiger charge is 2.35. The molecule has 0 radical (unpaired) electrons. The molecule has 2 aromatic rings. The van der Waals surface area contributed by atoms with Crippen LogP contribution in [0.25, 0.3) is 0 Å². The number of hydrogen-bond acceptors (Lipinski definition) is 3.